The highest BCUT2D eigenvalue weighted by Crippen LogP contribution is 2.33. The number of benzene rings is 3. The summed E-state index contributed by atoms with van der Waals surface area (Å²) in [5.74, 6) is -0.618. The van der Waals surface area contributed by atoms with Gasteiger partial charge < -0.3 is 14.4 Å². The van der Waals surface area contributed by atoms with Gasteiger partial charge in [0, 0.05) is 31.4 Å². The first-order valence-corrected chi connectivity index (χ1v) is 12.4. The van der Waals surface area contributed by atoms with E-state index in [4.69, 9.17) is 9.47 Å². The summed E-state index contributed by atoms with van der Waals surface area (Å²) in [5, 5.41) is 0. The first-order chi connectivity index (χ1) is 16.8. The van der Waals surface area contributed by atoms with E-state index in [9.17, 15) is 18.0 Å². The standard InChI is InChI=1S/C26H26N2O6S/c1-27(17-18-7-5-4-6-8-18)35(31,32)24-16-20(10-12-23(24)33-2)25(29)28-14-13-19-15-21(26(30)34-3)9-11-22(19)28/h4-12,15-16H,13-14,17H2,1-3H3. The Labute approximate surface area is 204 Å². The number of fused-ring (bicyclic) bond motifs is 1. The molecule has 4 rings (SSSR count). The highest BCUT2D eigenvalue weighted by atomic mass is 32.2. The lowest BCUT2D eigenvalue weighted by atomic mass is 10.1. The molecule has 3 aromatic rings. The molecular weight excluding hydrogens is 468 g/mol. The van der Waals surface area contributed by atoms with Crippen LogP contribution in [0.25, 0.3) is 0 Å². The monoisotopic (exact) mass is 494 g/mol. The lowest BCUT2D eigenvalue weighted by Crippen LogP contribution is -2.30. The van der Waals surface area contributed by atoms with Crippen LogP contribution in [0.1, 0.15) is 31.8 Å². The van der Waals surface area contributed by atoms with Gasteiger partial charge in [-0.15, -0.1) is 0 Å². The second-order valence-corrected chi connectivity index (χ2v) is 10.2. The lowest BCUT2D eigenvalue weighted by molar-refractivity contribution is 0.0600. The molecule has 0 fully saturated rings. The van der Waals surface area contributed by atoms with Crippen LogP contribution in [-0.4, -0.2) is 52.4 Å². The molecule has 0 saturated heterocycles. The molecule has 0 N–H and O–H groups in total. The van der Waals surface area contributed by atoms with Gasteiger partial charge in [-0.25, -0.2) is 13.2 Å². The smallest absolute Gasteiger partial charge is 0.337 e. The van der Waals surface area contributed by atoms with E-state index in [1.165, 1.54) is 37.7 Å². The quantitative estimate of drug-likeness (QED) is 0.467. The van der Waals surface area contributed by atoms with E-state index in [1.54, 1.807) is 29.2 Å². The zero-order chi connectivity index (χ0) is 25.2. The Balaban J connectivity index is 1.64. The van der Waals surface area contributed by atoms with Crippen LogP contribution in [0.3, 0.4) is 0 Å². The molecule has 0 spiro atoms. The van der Waals surface area contributed by atoms with Gasteiger partial charge >= 0.3 is 5.97 Å². The van der Waals surface area contributed by atoms with Crippen molar-refractivity contribution >= 4 is 27.6 Å². The molecule has 0 bridgehead atoms. The number of esters is 1. The van der Waals surface area contributed by atoms with Gasteiger partial charge in [-0.2, -0.15) is 4.31 Å². The molecule has 0 saturated carbocycles. The summed E-state index contributed by atoms with van der Waals surface area (Å²) in [6.45, 7) is 0.591. The maximum atomic E-state index is 13.4. The summed E-state index contributed by atoms with van der Waals surface area (Å²) >= 11 is 0. The number of amides is 1. The lowest BCUT2D eigenvalue weighted by Gasteiger charge is -2.21. The second-order valence-electron chi connectivity index (χ2n) is 8.15. The number of hydrogen-bond donors (Lipinski definition) is 0. The Bertz CT molecular complexity index is 1370. The largest absolute Gasteiger partial charge is 0.495 e. The Hall–Kier alpha value is -3.69. The number of sulfonamides is 1. The molecule has 0 aromatic heterocycles. The van der Waals surface area contributed by atoms with Crippen LogP contribution in [0.5, 0.6) is 5.75 Å². The molecule has 9 heteroatoms. The first-order valence-electron chi connectivity index (χ1n) is 11.0. The Morgan fingerprint density at radius 2 is 1.69 bits per heavy atom. The molecule has 8 nitrogen and oxygen atoms in total. The molecule has 1 aliphatic rings. The maximum absolute atomic E-state index is 13.4. The maximum Gasteiger partial charge on any atom is 0.337 e. The van der Waals surface area contributed by atoms with E-state index in [0.29, 0.717) is 24.2 Å². The minimum Gasteiger partial charge on any atom is -0.495 e. The van der Waals surface area contributed by atoms with Crippen LogP contribution < -0.4 is 9.64 Å². The highest BCUT2D eigenvalue weighted by molar-refractivity contribution is 7.89. The number of methoxy groups -OCH3 is 2. The molecule has 1 amide bonds. The molecule has 0 radical (unpaired) electrons. The van der Waals surface area contributed by atoms with Crippen LogP contribution in [0.4, 0.5) is 5.69 Å². The predicted octanol–water partition coefficient (Wildman–Crippen LogP) is 3.51. The third-order valence-electron chi connectivity index (χ3n) is 5.99. The summed E-state index contributed by atoms with van der Waals surface area (Å²) < 4.78 is 38.2. The number of anilines is 1. The number of carbonyl (C=O) groups is 2. The van der Waals surface area contributed by atoms with Crippen molar-refractivity contribution in [3.8, 4) is 5.75 Å². The minimum atomic E-state index is -3.95. The summed E-state index contributed by atoms with van der Waals surface area (Å²) in [6.07, 6.45) is 0.576. The van der Waals surface area contributed by atoms with Crippen molar-refractivity contribution in [3.05, 3.63) is 89.0 Å². The number of rotatable bonds is 7. The third-order valence-corrected chi connectivity index (χ3v) is 7.81. The molecule has 3 aromatic carbocycles. The second kappa shape index (κ2) is 9.89. The summed E-state index contributed by atoms with van der Waals surface area (Å²) in [4.78, 5) is 26.8. The van der Waals surface area contributed by atoms with Crippen molar-refractivity contribution in [2.75, 3.05) is 32.7 Å². The van der Waals surface area contributed by atoms with Crippen LogP contribution in [0.15, 0.2) is 71.6 Å². The molecule has 0 aliphatic carbocycles. The number of nitrogens with zero attached hydrogens (tertiary/aromatic N) is 2. The summed E-state index contributed by atoms with van der Waals surface area (Å²) in [6, 6.07) is 18.7. The Morgan fingerprint density at radius 1 is 0.971 bits per heavy atom. The van der Waals surface area contributed by atoms with Crippen molar-refractivity contribution in [1.29, 1.82) is 0 Å². The summed E-state index contributed by atoms with van der Waals surface area (Å²) in [5.41, 5.74) is 3.02. The topological polar surface area (TPSA) is 93.2 Å². The van der Waals surface area contributed by atoms with E-state index in [2.05, 4.69) is 0 Å². The molecule has 182 valence electrons. The van der Waals surface area contributed by atoms with E-state index < -0.39 is 16.0 Å². The van der Waals surface area contributed by atoms with E-state index in [-0.39, 0.29) is 28.7 Å². The van der Waals surface area contributed by atoms with E-state index in [0.717, 1.165) is 11.1 Å². The van der Waals surface area contributed by atoms with Gasteiger partial charge in [-0.3, -0.25) is 4.79 Å². The number of ether oxygens (including phenoxy) is 2. The average molecular weight is 495 g/mol. The highest BCUT2D eigenvalue weighted by Gasteiger charge is 2.30. The number of hydrogen-bond acceptors (Lipinski definition) is 6. The average Bonchev–Trinajstić information content (AvgIpc) is 3.31. The predicted molar refractivity (Wildman–Crippen MR) is 131 cm³/mol. The van der Waals surface area contributed by atoms with Gasteiger partial charge in [-0.05, 0) is 53.9 Å². The molecule has 0 atom stereocenters. The molecule has 35 heavy (non-hydrogen) atoms. The summed E-state index contributed by atoms with van der Waals surface area (Å²) in [7, 11) is 0.249. The van der Waals surface area contributed by atoms with Crippen molar-refractivity contribution in [3.63, 3.8) is 0 Å². The van der Waals surface area contributed by atoms with Gasteiger partial charge in [0.05, 0.1) is 19.8 Å². The third kappa shape index (κ3) is 4.78. The van der Waals surface area contributed by atoms with Crippen LogP contribution in [0, 0.1) is 0 Å². The van der Waals surface area contributed by atoms with Crippen molar-refractivity contribution in [2.24, 2.45) is 0 Å². The van der Waals surface area contributed by atoms with Gasteiger partial charge in [0.25, 0.3) is 5.91 Å². The Morgan fingerprint density at radius 3 is 2.37 bits per heavy atom. The normalized spacial score (nSPS) is 13.0. The number of carbonyl (C=O) groups excluding carboxylic acids is 2. The van der Waals surface area contributed by atoms with E-state index >= 15 is 0 Å². The fourth-order valence-electron chi connectivity index (χ4n) is 4.12. The molecule has 0 unspecified atom stereocenters. The van der Waals surface area contributed by atoms with Crippen LogP contribution >= 0.6 is 0 Å². The van der Waals surface area contributed by atoms with Crippen molar-refractivity contribution in [2.45, 2.75) is 17.9 Å². The molecule has 1 heterocycles. The Kier molecular flexibility index (Phi) is 6.90. The zero-order valence-electron chi connectivity index (χ0n) is 19.7. The minimum absolute atomic E-state index is 0.0789. The fraction of sp³-hybridized carbons (Fsp3) is 0.231. The van der Waals surface area contributed by atoms with Gasteiger partial charge in [-0.1, -0.05) is 30.3 Å². The van der Waals surface area contributed by atoms with Gasteiger partial charge in [0.1, 0.15) is 10.6 Å². The molecule has 1 aliphatic heterocycles. The fourth-order valence-corrected chi connectivity index (χ4v) is 5.45. The van der Waals surface area contributed by atoms with Crippen molar-refractivity contribution < 1.29 is 27.5 Å². The SMILES string of the molecule is COC(=O)c1ccc2c(c1)CCN2C(=O)c1ccc(OC)c(S(=O)(=O)N(C)Cc2ccccc2)c1. The zero-order valence-corrected chi connectivity index (χ0v) is 20.5. The molecular formula is C26H26N2O6S. The van der Waals surface area contributed by atoms with Gasteiger partial charge in [0.15, 0.2) is 0 Å². The van der Waals surface area contributed by atoms with Crippen LogP contribution in [0.2, 0.25) is 0 Å². The van der Waals surface area contributed by atoms with E-state index in [1.807, 2.05) is 30.3 Å². The first kappa shape index (κ1) is 24.4. The van der Waals surface area contributed by atoms with Crippen molar-refractivity contribution in [1.82, 2.24) is 4.31 Å². The van der Waals surface area contributed by atoms with Crippen LogP contribution in [-0.2, 0) is 27.7 Å². The van der Waals surface area contributed by atoms with Gasteiger partial charge in [0.2, 0.25) is 10.0 Å².